The lowest BCUT2D eigenvalue weighted by molar-refractivity contribution is -0.127. The SMILES string of the molecule is CC1(C)[C@H]2CC[C@@]1(C)C(=O)[C@@H]2S(=O)(=O)Nc1ccccc1. The topological polar surface area (TPSA) is 63.2 Å². The molecule has 0 aromatic heterocycles. The fraction of sp³-hybridized carbons (Fsp3) is 0.562. The van der Waals surface area contributed by atoms with Gasteiger partial charge in [-0.25, -0.2) is 8.42 Å². The quantitative estimate of drug-likeness (QED) is 0.934. The Morgan fingerprint density at radius 2 is 1.76 bits per heavy atom. The number of fused-ring (bicyclic) bond motifs is 2. The minimum absolute atomic E-state index is 0.101. The van der Waals surface area contributed by atoms with Crippen LogP contribution in [0, 0.1) is 16.7 Å². The van der Waals surface area contributed by atoms with Crippen LogP contribution in [0.1, 0.15) is 33.6 Å². The van der Waals surface area contributed by atoms with E-state index in [4.69, 9.17) is 0 Å². The molecule has 0 aliphatic heterocycles. The molecule has 114 valence electrons. The van der Waals surface area contributed by atoms with Crippen molar-refractivity contribution in [3.05, 3.63) is 30.3 Å². The van der Waals surface area contributed by atoms with Gasteiger partial charge in [-0.2, -0.15) is 0 Å². The van der Waals surface area contributed by atoms with E-state index in [0.717, 1.165) is 12.8 Å². The Kier molecular flexibility index (Phi) is 3.00. The second-order valence-electron chi connectivity index (χ2n) is 7.00. The molecule has 2 fully saturated rings. The van der Waals surface area contributed by atoms with E-state index in [1.165, 1.54) is 0 Å². The molecule has 3 rings (SSSR count). The van der Waals surface area contributed by atoms with Crippen molar-refractivity contribution in [2.75, 3.05) is 4.72 Å². The van der Waals surface area contributed by atoms with E-state index in [0.29, 0.717) is 5.69 Å². The molecule has 0 radical (unpaired) electrons. The molecule has 0 amide bonds. The second-order valence-corrected chi connectivity index (χ2v) is 8.80. The molecule has 2 bridgehead atoms. The van der Waals surface area contributed by atoms with E-state index in [9.17, 15) is 13.2 Å². The molecule has 0 saturated heterocycles. The third-order valence-corrected chi connectivity index (χ3v) is 7.57. The zero-order valence-corrected chi connectivity index (χ0v) is 13.4. The predicted molar refractivity (Wildman–Crippen MR) is 82.4 cm³/mol. The molecule has 0 unspecified atom stereocenters. The van der Waals surface area contributed by atoms with Gasteiger partial charge in [-0.05, 0) is 36.3 Å². The number of carbonyl (C=O) groups excluding carboxylic acids is 1. The summed E-state index contributed by atoms with van der Waals surface area (Å²) in [5.41, 5.74) is -0.274. The summed E-state index contributed by atoms with van der Waals surface area (Å²) in [7, 11) is -3.70. The Labute approximate surface area is 126 Å². The van der Waals surface area contributed by atoms with E-state index < -0.39 is 20.7 Å². The van der Waals surface area contributed by atoms with Crippen molar-refractivity contribution in [1.82, 2.24) is 0 Å². The van der Waals surface area contributed by atoms with Gasteiger partial charge in [0.15, 0.2) is 5.78 Å². The summed E-state index contributed by atoms with van der Waals surface area (Å²) < 4.78 is 28.0. The number of carbonyl (C=O) groups is 1. The highest BCUT2D eigenvalue weighted by atomic mass is 32.2. The monoisotopic (exact) mass is 307 g/mol. The van der Waals surface area contributed by atoms with Gasteiger partial charge in [0.2, 0.25) is 10.0 Å². The van der Waals surface area contributed by atoms with Gasteiger partial charge in [-0.15, -0.1) is 0 Å². The Morgan fingerprint density at radius 1 is 1.14 bits per heavy atom. The third kappa shape index (κ3) is 1.86. The molecule has 21 heavy (non-hydrogen) atoms. The molecular weight excluding hydrogens is 286 g/mol. The smallest absolute Gasteiger partial charge is 0.243 e. The molecule has 1 aromatic rings. The number of nitrogens with one attached hydrogen (secondary N) is 1. The summed E-state index contributed by atoms with van der Waals surface area (Å²) in [5, 5.41) is -0.925. The molecule has 3 atom stereocenters. The van der Waals surface area contributed by atoms with Gasteiger partial charge in [-0.3, -0.25) is 9.52 Å². The predicted octanol–water partition coefficient (Wildman–Crippen LogP) is 2.82. The summed E-state index contributed by atoms with van der Waals surface area (Å²) in [6.45, 7) is 5.98. The van der Waals surface area contributed by atoms with Crippen molar-refractivity contribution in [3.63, 3.8) is 0 Å². The number of para-hydroxylation sites is 1. The molecule has 1 N–H and O–H groups in total. The highest BCUT2D eigenvalue weighted by Gasteiger charge is 2.69. The number of benzene rings is 1. The van der Waals surface area contributed by atoms with Crippen molar-refractivity contribution >= 4 is 21.5 Å². The Bertz CT molecular complexity index is 681. The van der Waals surface area contributed by atoms with Crippen molar-refractivity contribution < 1.29 is 13.2 Å². The molecule has 2 aliphatic rings. The normalized spacial score (nSPS) is 34.1. The maximum atomic E-state index is 12.7. The van der Waals surface area contributed by atoms with Crippen LogP contribution < -0.4 is 4.72 Å². The average Bonchev–Trinajstić information content (AvgIpc) is 2.71. The minimum atomic E-state index is -3.70. The first-order valence-corrected chi connectivity index (χ1v) is 8.86. The standard InChI is InChI=1S/C16H21NO3S/c1-15(2)12-9-10-16(15,3)14(18)13(12)21(19,20)17-11-7-5-4-6-8-11/h4-8,12-13,17H,9-10H2,1-3H3/t12-,13+,16-/m0/s1. The average molecular weight is 307 g/mol. The molecule has 2 aliphatic carbocycles. The maximum absolute atomic E-state index is 12.7. The Balaban J connectivity index is 1.96. The number of Topliss-reactive ketones (excluding diaryl/α,β-unsaturated/α-hetero) is 1. The van der Waals surface area contributed by atoms with Crippen LogP contribution >= 0.6 is 0 Å². The number of ketones is 1. The van der Waals surface area contributed by atoms with E-state index in [1.54, 1.807) is 24.3 Å². The maximum Gasteiger partial charge on any atom is 0.243 e. The van der Waals surface area contributed by atoms with Crippen LogP contribution in [0.4, 0.5) is 5.69 Å². The summed E-state index contributed by atoms with van der Waals surface area (Å²) in [6, 6.07) is 8.76. The Morgan fingerprint density at radius 3 is 2.29 bits per heavy atom. The number of anilines is 1. The van der Waals surface area contributed by atoms with Gasteiger partial charge in [0.1, 0.15) is 5.25 Å². The summed E-state index contributed by atoms with van der Waals surface area (Å²) >= 11 is 0. The lowest BCUT2D eigenvalue weighted by Gasteiger charge is -2.32. The fourth-order valence-electron chi connectivity index (χ4n) is 4.09. The van der Waals surface area contributed by atoms with Crippen LogP contribution in [0.15, 0.2) is 30.3 Å². The number of rotatable bonds is 3. The number of hydrogen-bond acceptors (Lipinski definition) is 3. The van der Waals surface area contributed by atoms with Crippen LogP contribution in [0.5, 0.6) is 0 Å². The van der Waals surface area contributed by atoms with E-state index in [1.807, 2.05) is 26.8 Å². The Hall–Kier alpha value is -1.36. The largest absolute Gasteiger partial charge is 0.298 e. The molecule has 0 heterocycles. The van der Waals surface area contributed by atoms with Crippen molar-refractivity contribution in [1.29, 1.82) is 0 Å². The molecule has 1 aromatic carbocycles. The van der Waals surface area contributed by atoms with Crippen molar-refractivity contribution in [3.8, 4) is 0 Å². The van der Waals surface area contributed by atoms with E-state index >= 15 is 0 Å². The number of sulfonamides is 1. The highest BCUT2D eigenvalue weighted by Crippen LogP contribution is 2.64. The van der Waals surface area contributed by atoms with Gasteiger partial charge in [-0.1, -0.05) is 39.0 Å². The first-order chi connectivity index (χ1) is 9.70. The van der Waals surface area contributed by atoms with Gasteiger partial charge in [0, 0.05) is 11.1 Å². The third-order valence-electron chi connectivity index (χ3n) is 5.84. The first-order valence-electron chi connectivity index (χ1n) is 7.31. The van der Waals surface area contributed by atoms with E-state index in [2.05, 4.69) is 4.72 Å². The van der Waals surface area contributed by atoms with Gasteiger partial charge in [0.05, 0.1) is 0 Å². The van der Waals surface area contributed by atoms with Crippen molar-refractivity contribution in [2.24, 2.45) is 16.7 Å². The molecule has 2 saturated carbocycles. The van der Waals surface area contributed by atoms with Crippen LogP contribution in [-0.4, -0.2) is 19.5 Å². The first kappa shape index (κ1) is 14.6. The molecule has 0 spiro atoms. The van der Waals surface area contributed by atoms with Gasteiger partial charge in [0.25, 0.3) is 0 Å². The fourth-order valence-corrected chi connectivity index (χ4v) is 6.14. The lowest BCUT2D eigenvalue weighted by Crippen LogP contribution is -2.41. The van der Waals surface area contributed by atoms with Crippen molar-refractivity contribution in [2.45, 2.75) is 38.9 Å². The summed E-state index contributed by atoms with van der Waals surface area (Å²) in [6.07, 6.45) is 1.59. The summed E-state index contributed by atoms with van der Waals surface area (Å²) in [4.78, 5) is 12.7. The molecule has 5 heteroatoms. The van der Waals surface area contributed by atoms with Crippen LogP contribution in [0.3, 0.4) is 0 Å². The van der Waals surface area contributed by atoms with Crippen LogP contribution in [0.25, 0.3) is 0 Å². The summed E-state index contributed by atoms with van der Waals surface area (Å²) in [5.74, 6) is -0.219. The van der Waals surface area contributed by atoms with Crippen LogP contribution in [-0.2, 0) is 14.8 Å². The molecule has 4 nitrogen and oxygen atoms in total. The number of hydrogen-bond donors (Lipinski definition) is 1. The lowest BCUT2D eigenvalue weighted by atomic mass is 9.70. The molecular formula is C16H21NO3S. The second kappa shape index (κ2) is 4.32. The van der Waals surface area contributed by atoms with E-state index in [-0.39, 0.29) is 17.1 Å². The zero-order chi connectivity index (χ0) is 15.5. The van der Waals surface area contributed by atoms with Gasteiger partial charge >= 0.3 is 0 Å². The zero-order valence-electron chi connectivity index (χ0n) is 12.6. The van der Waals surface area contributed by atoms with Crippen LogP contribution in [0.2, 0.25) is 0 Å². The van der Waals surface area contributed by atoms with Gasteiger partial charge < -0.3 is 0 Å². The minimum Gasteiger partial charge on any atom is -0.298 e. The highest BCUT2D eigenvalue weighted by molar-refractivity contribution is 7.94.